The first kappa shape index (κ1) is 13.6. The zero-order valence-corrected chi connectivity index (χ0v) is 9.80. The third-order valence-electron chi connectivity index (χ3n) is 2.14. The molecule has 0 bridgehead atoms. The molecule has 0 atom stereocenters. The minimum atomic E-state index is -2.80. The molecule has 94 valence electrons. The van der Waals surface area contributed by atoms with Crippen molar-refractivity contribution in [2.75, 3.05) is 12.8 Å². The number of nitrogens with zero attached hydrogens (tertiary/aromatic N) is 1. The first-order valence-electron chi connectivity index (χ1n) is 4.68. The molecule has 0 aromatic carbocycles. The van der Waals surface area contributed by atoms with Crippen LogP contribution in [-0.4, -0.2) is 18.1 Å². The lowest BCUT2D eigenvalue weighted by Gasteiger charge is -2.11. The highest BCUT2D eigenvalue weighted by Gasteiger charge is 2.20. The number of anilines is 1. The second kappa shape index (κ2) is 5.77. The fourth-order valence-electron chi connectivity index (χ4n) is 1.38. The number of nitrogens with two attached hydrogens (primary N) is 1. The Balaban J connectivity index is 3.22. The van der Waals surface area contributed by atoms with E-state index in [1.165, 1.54) is 13.2 Å². The van der Waals surface area contributed by atoms with Crippen molar-refractivity contribution < 1.29 is 18.3 Å². The highest BCUT2D eigenvalue weighted by molar-refractivity contribution is 6.16. The third-order valence-corrected chi connectivity index (χ3v) is 2.42. The minimum Gasteiger partial charge on any atom is -0.469 e. The zero-order chi connectivity index (χ0) is 13.0. The summed E-state index contributed by atoms with van der Waals surface area (Å²) in [6, 6.07) is 1.34. The Labute approximate surface area is 102 Å². The van der Waals surface area contributed by atoms with E-state index >= 15 is 0 Å². The van der Waals surface area contributed by atoms with Crippen LogP contribution in [-0.2, 0) is 21.8 Å². The molecule has 7 heteroatoms. The van der Waals surface area contributed by atoms with Gasteiger partial charge in [0.1, 0.15) is 5.82 Å². The van der Waals surface area contributed by atoms with Gasteiger partial charge < -0.3 is 10.5 Å². The normalized spacial score (nSPS) is 10.6. The number of pyridine rings is 1. The number of carbonyl (C=O) groups is 1. The lowest BCUT2D eigenvalue weighted by atomic mass is 10.1. The van der Waals surface area contributed by atoms with Gasteiger partial charge in [-0.2, -0.15) is 0 Å². The molecule has 0 aliphatic carbocycles. The van der Waals surface area contributed by atoms with Gasteiger partial charge in [-0.1, -0.05) is 0 Å². The van der Waals surface area contributed by atoms with Crippen LogP contribution in [0.4, 0.5) is 14.6 Å². The standard InChI is InChI=1S/C10H11ClF2N2O2/c1-17-7(16)3-5-2-6(4-11)15-10(14)8(5)9(12)13/h2,9H,3-4H2,1H3,(H2,14,15). The van der Waals surface area contributed by atoms with E-state index in [1.54, 1.807) is 0 Å². The van der Waals surface area contributed by atoms with E-state index in [0.29, 0.717) is 5.69 Å². The van der Waals surface area contributed by atoms with Crippen molar-refractivity contribution in [3.63, 3.8) is 0 Å². The molecule has 1 heterocycles. The predicted molar refractivity (Wildman–Crippen MR) is 58.9 cm³/mol. The van der Waals surface area contributed by atoms with Crippen molar-refractivity contribution in [1.82, 2.24) is 4.98 Å². The van der Waals surface area contributed by atoms with Crippen LogP contribution in [0.3, 0.4) is 0 Å². The van der Waals surface area contributed by atoms with Crippen molar-refractivity contribution in [2.45, 2.75) is 18.7 Å². The van der Waals surface area contributed by atoms with Crippen molar-refractivity contribution in [2.24, 2.45) is 0 Å². The van der Waals surface area contributed by atoms with Gasteiger partial charge in [-0.3, -0.25) is 4.79 Å². The highest BCUT2D eigenvalue weighted by atomic mass is 35.5. The number of hydrogen-bond donors (Lipinski definition) is 1. The van der Waals surface area contributed by atoms with Crippen LogP contribution in [0.5, 0.6) is 0 Å². The molecule has 1 rings (SSSR count). The first-order chi connectivity index (χ1) is 7.99. The Bertz CT molecular complexity index is 427. The summed E-state index contributed by atoms with van der Waals surface area (Å²) in [6.07, 6.45) is -3.08. The number of hydrogen-bond acceptors (Lipinski definition) is 4. The van der Waals surface area contributed by atoms with E-state index in [2.05, 4.69) is 9.72 Å². The number of nitrogen functional groups attached to an aromatic ring is 1. The lowest BCUT2D eigenvalue weighted by molar-refractivity contribution is -0.139. The summed E-state index contributed by atoms with van der Waals surface area (Å²) in [6.45, 7) is 0. The van der Waals surface area contributed by atoms with Gasteiger partial charge in [0.2, 0.25) is 0 Å². The van der Waals surface area contributed by atoms with E-state index in [1.807, 2.05) is 0 Å². The number of alkyl halides is 3. The Kier molecular flexibility index (Phi) is 4.62. The first-order valence-corrected chi connectivity index (χ1v) is 5.22. The summed E-state index contributed by atoms with van der Waals surface area (Å²) in [4.78, 5) is 14.8. The Morgan fingerprint density at radius 1 is 1.65 bits per heavy atom. The van der Waals surface area contributed by atoms with Crippen molar-refractivity contribution in [3.05, 3.63) is 22.9 Å². The maximum absolute atomic E-state index is 12.8. The molecule has 0 fully saturated rings. The van der Waals surface area contributed by atoms with Gasteiger partial charge in [-0.25, -0.2) is 13.8 Å². The van der Waals surface area contributed by atoms with Gasteiger partial charge in [0.15, 0.2) is 0 Å². The van der Waals surface area contributed by atoms with Gasteiger partial charge in [-0.05, 0) is 11.6 Å². The number of halogens is 3. The van der Waals surface area contributed by atoms with Crippen LogP contribution >= 0.6 is 11.6 Å². The number of ether oxygens (including phenoxy) is 1. The molecule has 0 unspecified atom stereocenters. The molecule has 0 amide bonds. The number of methoxy groups -OCH3 is 1. The maximum Gasteiger partial charge on any atom is 0.309 e. The van der Waals surface area contributed by atoms with Gasteiger partial charge in [0.05, 0.1) is 30.7 Å². The Hall–Kier alpha value is -1.43. The average Bonchev–Trinajstić information content (AvgIpc) is 2.27. The highest BCUT2D eigenvalue weighted by Crippen LogP contribution is 2.29. The fraction of sp³-hybridized carbons (Fsp3) is 0.400. The molecule has 0 aliphatic rings. The Morgan fingerprint density at radius 2 is 2.29 bits per heavy atom. The molecule has 4 nitrogen and oxygen atoms in total. The topological polar surface area (TPSA) is 65.2 Å². The summed E-state index contributed by atoms with van der Waals surface area (Å²) in [5.41, 5.74) is 5.41. The van der Waals surface area contributed by atoms with Gasteiger partial charge in [0, 0.05) is 0 Å². The molecule has 0 saturated carbocycles. The van der Waals surface area contributed by atoms with E-state index in [-0.39, 0.29) is 23.7 Å². The van der Waals surface area contributed by atoms with Crippen LogP contribution in [0.25, 0.3) is 0 Å². The van der Waals surface area contributed by atoms with Crippen molar-refractivity contribution >= 4 is 23.4 Å². The molecule has 1 aromatic heterocycles. The second-order valence-electron chi connectivity index (χ2n) is 3.26. The van der Waals surface area contributed by atoms with E-state index in [0.717, 1.165) is 0 Å². The summed E-state index contributed by atoms with van der Waals surface area (Å²) in [7, 11) is 1.18. The number of rotatable bonds is 4. The van der Waals surface area contributed by atoms with Crippen LogP contribution in [0.15, 0.2) is 6.07 Å². The SMILES string of the molecule is COC(=O)Cc1cc(CCl)nc(N)c1C(F)F. The summed E-state index contributed by atoms with van der Waals surface area (Å²) in [5.74, 6) is -0.905. The summed E-state index contributed by atoms with van der Waals surface area (Å²) in [5, 5.41) is 0. The van der Waals surface area contributed by atoms with Crippen LogP contribution in [0.1, 0.15) is 23.2 Å². The molecule has 0 radical (unpaired) electrons. The lowest BCUT2D eigenvalue weighted by Crippen LogP contribution is -2.11. The van der Waals surface area contributed by atoms with Gasteiger partial charge >= 0.3 is 5.97 Å². The van der Waals surface area contributed by atoms with Crippen LogP contribution in [0.2, 0.25) is 0 Å². The fourth-order valence-corrected chi connectivity index (χ4v) is 1.52. The van der Waals surface area contributed by atoms with Crippen LogP contribution in [0, 0.1) is 0 Å². The van der Waals surface area contributed by atoms with Gasteiger partial charge in [-0.15, -0.1) is 11.6 Å². The Morgan fingerprint density at radius 3 is 2.76 bits per heavy atom. The van der Waals surface area contributed by atoms with E-state index < -0.39 is 18.0 Å². The minimum absolute atomic E-state index is 0.0297. The van der Waals surface area contributed by atoms with E-state index in [9.17, 15) is 13.6 Å². The van der Waals surface area contributed by atoms with Gasteiger partial charge in [0.25, 0.3) is 6.43 Å². The predicted octanol–water partition coefficient (Wildman–Crippen LogP) is 2.06. The number of esters is 1. The number of carbonyl (C=O) groups excluding carboxylic acids is 1. The maximum atomic E-state index is 12.8. The largest absolute Gasteiger partial charge is 0.469 e. The molecular weight excluding hydrogens is 254 g/mol. The molecule has 0 saturated heterocycles. The molecule has 0 aliphatic heterocycles. The van der Waals surface area contributed by atoms with Crippen molar-refractivity contribution in [3.8, 4) is 0 Å². The number of aromatic nitrogens is 1. The zero-order valence-electron chi connectivity index (χ0n) is 9.04. The molecule has 0 spiro atoms. The average molecular weight is 265 g/mol. The van der Waals surface area contributed by atoms with E-state index in [4.69, 9.17) is 17.3 Å². The second-order valence-corrected chi connectivity index (χ2v) is 3.53. The smallest absolute Gasteiger partial charge is 0.309 e. The monoisotopic (exact) mass is 264 g/mol. The molecule has 17 heavy (non-hydrogen) atoms. The van der Waals surface area contributed by atoms with Crippen molar-refractivity contribution in [1.29, 1.82) is 0 Å². The molecular formula is C10H11ClF2N2O2. The summed E-state index contributed by atoms with van der Waals surface area (Å²) >= 11 is 5.55. The molecule has 1 aromatic rings. The molecule has 2 N–H and O–H groups in total. The summed E-state index contributed by atoms with van der Waals surface area (Å²) < 4.78 is 30.0. The van der Waals surface area contributed by atoms with Crippen LogP contribution < -0.4 is 5.73 Å². The quantitative estimate of drug-likeness (QED) is 0.668. The third kappa shape index (κ3) is 3.26.